The largest absolute Gasteiger partial charge is 0.303 e. The minimum Gasteiger partial charge on any atom is -0.303 e. The van der Waals surface area contributed by atoms with E-state index in [1.165, 1.54) is 27.9 Å². The minimum atomic E-state index is 0.129. The zero-order valence-electron chi connectivity index (χ0n) is 20.0. The molecule has 1 aromatic heterocycles. The van der Waals surface area contributed by atoms with Crippen LogP contribution in [0.5, 0.6) is 0 Å². The SMILES string of the molecule is [CH2-][c+]1n(-c2ccc(C(C)(C)C)cc2)c2ccccc2n1-c1ccc(C(C)(C)C)cc1C. The normalized spacial score (nSPS) is 12.5. The zero-order valence-corrected chi connectivity index (χ0v) is 20.0. The van der Waals surface area contributed by atoms with Crippen LogP contribution in [0.15, 0.2) is 66.7 Å². The average Bonchev–Trinajstić information content (AvgIpc) is 2.98. The molecular weight excluding hydrogens is 376 g/mol. The average molecular weight is 411 g/mol. The van der Waals surface area contributed by atoms with Gasteiger partial charge in [0.25, 0.3) is 0 Å². The van der Waals surface area contributed by atoms with Gasteiger partial charge in [-0.15, -0.1) is 0 Å². The maximum atomic E-state index is 4.52. The predicted molar refractivity (Wildman–Crippen MR) is 134 cm³/mol. The molecule has 3 aromatic carbocycles. The number of rotatable bonds is 2. The highest BCUT2D eigenvalue weighted by molar-refractivity contribution is 5.82. The van der Waals surface area contributed by atoms with Crippen LogP contribution in [-0.4, -0.2) is 9.13 Å². The lowest BCUT2D eigenvalue weighted by Gasteiger charge is -2.20. The smallest absolute Gasteiger partial charge is 0.165 e. The number of para-hydroxylation sites is 2. The molecule has 1 heterocycles. The summed E-state index contributed by atoms with van der Waals surface area (Å²) in [5.41, 5.74) is 8.85. The minimum absolute atomic E-state index is 0.129. The molecule has 0 radical (unpaired) electrons. The number of aromatic nitrogens is 2. The van der Waals surface area contributed by atoms with Crippen LogP contribution in [0.1, 0.15) is 64.1 Å². The van der Waals surface area contributed by atoms with Crippen molar-refractivity contribution in [3.05, 3.63) is 96.2 Å². The number of imidazole rings is 1. The standard InChI is InChI=1S/C29H34N2/c1-20-19-23(29(6,7)8)15-18-25(20)31-21(2)30(26-11-9-10-12-27(26)31)24-16-13-22(14-17-24)28(3,4)5/h9-19H,2H2,1,3-8H3. The topological polar surface area (TPSA) is 9.86 Å². The summed E-state index contributed by atoms with van der Waals surface area (Å²) in [5, 5.41) is 0. The molecule has 0 aliphatic rings. The first kappa shape index (κ1) is 21.2. The Labute approximate surface area is 187 Å². The molecule has 4 aromatic rings. The molecule has 0 saturated heterocycles. The lowest BCUT2D eigenvalue weighted by atomic mass is 9.86. The van der Waals surface area contributed by atoms with Gasteiger partial charge in [0.05, 0.1) is 0 Å². The monoisotopic (exact) mass is 410 g/mol. The van der Waals surface area contributed by atoms with Crippen molar-refractivity contribution in [3.8, 4) is 11.4 Å². The number of fused-ring (bicyclic) bond motifs is 1. The molecule has 0 N–H and O–H groups in total. The fraction of sp³-hybridized carbons (Fsp3) is 0.310. The molecule has 2 nitrogen and oxygen atoms in total. The van der Waals surface area contributed by atoms with Gasteiger partial charge in [-0.05, 0) is 71.3 Å². The van der Waals surface area contributed by atoms with Crippen molar-refractivity contribution in [2.24, 2.45) is 0 Å². The zero-order chi connectivity index (χ0) is 22.6. The molecule has 0 aliphatic carbocycles. The second kappa shape index (κ2) is 7.30. The first-order valence-corrected chi connectivity index (χ1v) is 11.1. The van der Waals surface area contributed by atoms with Crippen molar-refractivity contribution in [3.63, 3.8) is 0 Å². The van der Waals surface area contributed by atoms with E-state index in [1.54, 1.807) is 0 Å². The highest BCUT2D eigenvalue weighted by Crippen LogP contribution is 2.32. The maximum Gasteiger partial charge on any atom is 0.165 e. The van der Waals surface area contributed by atoms with Gasteiger partial charge in [0.2, 0.25) is 0 Å². The fourth-order valence-electron chi connectivity index (χ4n) is 4.26. The Morgan fingerprint density at radius 3 is 1.71 bits per heavy atom. The Bertz CT molecular complexity index is 1240. The molecule has 2 heteroatoms. The van der Waals surface area contributed by atoms with Gasteiger partial charge in [-0.3, -0.25) is 0 Å². The van der Waals surface area contributed by atoms with Crippen LogP contribution in [0.3, 0.4) is 0 Å². The number of hydrogen-bond donors (Lipinski definition) is 0. The number of hydrogen-bond acceptors (Lipinski definition) is 0. The Morgan fingerprint density at radius 2 is 1.19 bits per heavy atom. The van der Waals surface area contributed by atoms with Crippen LogP contribution in [0, 0.1) is 13.8 Å². The molecular formula is C29H34N2. The highest BCUT2D eigenvalue weighted by atomic mass is 15.2. The quantitative estimate of drug-likeness (QED) is 0.298. The lowest BCUT2D eigenvalue weighted by Crippen LogP contribution is -2.12. The summed E-state index contributed by atoms with van der Waals surface area (Å²) in [7, 11) is 0. The van der Waals surface area contributed by atoms with Gasteiger partial charge in [-0.2, -0.15) is 0 Å². The molecule has 0 aliphatic heterocycles. The summed E-state index contributed by atoms with van der Waals surface area (Å²) in [6.45, 7) is 20.2. The van der Waals surface area contributed by atoms with Crippen LogP contribution < -0.4 is 0 Å². The van der Waals surface area contributed by atoms with E-state index in [0.717, 1.165) is 17.0 Å². The number of nitrogens with zero attached hydrogens (tertiary/aromatic N) is 2. The molecule has 0 unspecified atom stereocenters. The Balaban J connectivity index is 1.93. The van der Waals surface area contributed by atoms with Crippen molar-refractivity contribution in [1.29, 1.82) is 0 Å². The van der Waals surface area contributed by atoms with E-state index in [1.807, 2.05) is 0 Å². The van der Waals surface area contributed by atoms with E-state index in [2.05, 4.69) is 131 Å². The third-order valence-electron chi connectivity index (χ3n) is 6.18. The summed E-state index contributed by atoms with van der Waals surface area (Å²) < 4.78 is 4.55. The summed E-state index contributed by atoms with van der Waals surface area (Å²) >= 11 is 0. The van der Waals surface area contributed by atoms with Gasteiger partial charge < -0.3 is 6.92 Å². The van der Waals surface area contributed by atoms with Crippen LogP contribution in [-0.2, 0) is 10.8 Å². The number of benzene rings is 3. The van der Waals surface area contributed by atoms with E-state index in [4.69, 9.17) is 0 Å². The third kappa shape index (κ3) is 3.76. The van der Waals surface area contributed by atoms with Gasteiger partial charge in [-0.1, -0.05) is 53.7 Å². The molecule has 0 bridgehead atoms. The van der Waals surface area contributed by atoms with E-state index >= 15 is 0 Å². The van der Waals surface area contributed by atoms with Crippen molar-refractivity contribution in [2.45, 2.75) is 59.3 Å². The van der Waals surface area contributed by atoms with E-state index in [0.29, 0.717) is 0 Å². The molecule has 0 amide bonds. The second-order valence-electron chi connectivity index (χ2n) is 10.6. The Kier molecular flexibility index (Phi) is 5.00. The van der Waals surface area contributed by atoms with Crippen molar-refractivity contribution in [1.82, 2.24) is 9.13 Å². The summed E-state index contributed by atoms with van der Waals surface area (Å²) in [6, 6.07) is 24.2. The lowest BCUT2D eigenvalue weighted by molar-refractivity contribution is 0.589. The second-order valence-corrected chi connectivity index (χ2v) is 10.6. The van der Waals surface area contributed by atoms with E-state index in [9.17, 15) is 0 Å². The maximum absolute atomic E-state index is 4.52. The molecule has 4 rings (SSSR count). The first-order chi connectivity index (χ1) is 14.5. The van der Waals surface area contributed by atoms with E-state index in [-0.39, 0.29) is 10.8 Å². The van der Waals surface area contributed by atoms with Crippen LogP contribution in [0.4, 0.5) is 0 Å². The van der Waals surface area contributed by atoms with Crippen LogP contribution >= 0.6 is 0 Å². The summed E-state index contributed by atoms with van der Waals surface area (Å²) in [5.74, 6) is 0.955. The van der Waals surface area contributed by atoms with Crippen LogP contribution in [0.2, 0.25) is 0 Å². The van der Waals surface area contributed by atoms with Gasteiger partial charge >= 0.3 is 0 Å². The first-order valence-electron chi connectivity index (χ1n) is 11.1. The summed E-state index contributed by atoms with van der Waals surface area (Å²) in [6.07, 6.45) is 0. The van der Waals surface area contributed by atoms with Crippen molar-refractivity contribution in [2.75, 3.05) is 0 Å². The highest BCUT2D eigenvalue weighted by Gasteiger charge is 2.22. The van der Waals surface area contributed by atoms with Crippen LogP contribution in [0.25, 0.3) is 22.4 Å². The Morgan fingerprint density at radius 1 is 0.677 bits per heavy atom. The molecule has 0 fully saturated rings. The molecule has 31 heavy (non-hydrogen) atoms. The van der Waals surface area contributed by atoms with E-state index < -0.39 is 0 Å². The molecule has 0 atom stereocenters. The molecule has 0 spiro atoms. The van der Waals surface area contributed by atoms with Gasteiger partial charge in [0.1, 0.15) is 11.4 Å². The number of aryl methyl sites for hydroxylation is 1. The van der Waals surface area contributed by atoms with Crippen molar-refractivity contribution >= 4 is 11.0 Å². The fourth-order valence-corrected chi connectivity index (χ4v) is 4.26. The molecule has 160 valence electrons. The summed E-state index contributed by atoms with van der Waals surface area (Å²) in [4.78, 5) is 0. The predicted octanol–water partition coefficient (Wildman–Crippen LogP) is 7.79. The van der Waals surface area contributed by atoms with Gasteiger partial charge in [-0.25, -0.2) is 9.13 Å². The van der Waals surface area contributed by atoms with Gasteiger partial charge in [0.15, 0.2) is 11.0 Å². The van der Waals surface area contributed by atoms with Gasteiger partial charge in [0, 0.05) is 23.5 Å². The van der Waals surface area contributed by atoms with Crippen molar-refractivity contribution < 1.29 is 0 Å². The Hall–Kier alpha value is -3.00. The molecule has 0 saturated carbocycles. The third-order valence-corrected chi connectivity index (χ3v) is 6.18.